The van der Waals surface area contributed by atoms with E-state index >= 15 is 0 Å². The maximum Gasteiger partial charge on any atom is 3.00 e. The van der Waals surface area contributed by atoms with Crippen molar-refractivity contribution in [1.29, 1.82) is 0 Å². The Morgan fingerprint density at radius 2 is 0.839 bits per heavy atom. The van der Waals surface area contributed by atoms with Gasteiger partial charge in [0.15, 0.2) is 0 Å². The first-order valence-corrected chi connectivity index (χ1v) is 18.1. The first-order chi connectivity index (χ1) is 25.4. The smallest absolute Gasteiger partial charge is 1.00 e. The third-order valence-electron chi connectivity index (χ3n) is 9.15. The molecule has 9 rings (SSSR count). The molecule has 3 aromatic heterocycles. The zero-order valence-corrected chi connectivity index (χ0v) is 35.4. The van der Waals surface area contributed by atoms with Crippen molar-refractivity contribution in [1.82, 2.24) is 19.5 Å². The second-order valence-electron chi connectivity index (χ2n) is 12.5. The number of H-pyrrole nitrogens is 1. The summed E-state index contributed by atoms with van der Waals surface area (Å²) in [5, 5.41) is 2.57. The second-order valence-corrected chi connectivity index (χ2v) is 14.3. The van der Waals surface area contributed by atoms with E-state index in [1.54, 1.807) is 0 Å². The average molecular weight is 886 g/mol. The quantitative estimate of drug-likeness (QED) is 0.268. The van der Waals surface area contributed by atoms with E-state index in [0.29, 0.717) is 20.1 Å². The molecule has 0 radical (unpaired) electrons. The van der Waals surface area contributed by atoms with Crippen molar-refractivity contribution in [2.24, 2.45) is 0 Å². The molecule has 274 valence electrons. The number of halogens is 7. The van der Waals surface area contributed by atoms with Gasteiger partial charge in [-0.3, -0.25) is 0 Å². The van der Waals surface area contributed by atoms with Gasteiger partial charge in [-0.25, -0.2) is 9.97 Å². The second kappa shape index (κ2) is 18.1. The van der Waals surface area contributed by atoms with E-state index in [-0.39, 0.29) is 54.6 Å². The number of hydrogen-bond donors (Lipinski definition) is 1. The predicted molar refractivity (Wildman–Crippen MR) is 226 cm³/mol. The molecule has 0 atom stereocenters. The standard InChI is InChI=1S/C44H26Cl4N4.Al.3ClH/c45-29-7-1-26(2-8-29)41-39-22-19-36(51-39)24-35-16-15-33(49-35)23-34-17-18-37(50-34)25-40-42(27-3-9-30(46)10-4-27)43(28-5-11-31(47)12-6-28)44(41)52(40)38-20-13-32(48)14-21-38;;;;/h1-25,49H;;3*1H/q;+3;;;/p-3. The predicted octanol–water partition coefficient (Wildman–Crippen LogP) is 4.36. The molecule has 0 saturated heterocycles. The fourth-order valence-corrected chi connectivity index (χ4v) is 7.36. The molecule has 8 bridgehead atoms. The number of nitrogens with one attached hydrogen (secondary N) is 1. The molecule has 0 saturated carbocycles. The van der Waals surface area contributed by atoms with Crippen LogP contribution >= 0.6 is 46.4 Å². The Morgan fingerprint density at radius 3 is 1.36 bits per heavy atom. The molecule has 7 aromatic rings. The fourth-order valence-electron chi connectivity index (χ4n) is 6.86. The van der Waals surface area contributed by atoms with Crippen molar-refractivity contribution in [2.45, 2.75) is 0 Å². The summed E-state index contributed by atoms with van der Waals surface area (Å²) in [4.78, 5) is 13.8. The van der Waals surface area contributed by atoms with E-state index in [1.807, 2.05) is 115 Å². The molecule has 0 aliphatic carbocycles. The van der Waals surface area contributed by atoms with Gasteiger partial charge in [0.1, 0.15) is 0 Å². The summed E-state index contributed by atoms with van der Waals surface area (Å²) in [5.41, 5.74) is 13.6. The zero-order valence-electron chi connectivity index (χ0n) is 29.0. The Labute approximate surface area is 373 Å². The van der Waals surface area contributed by atoms with Gasteiger partial charge in [-0.05, 0) is 132 Å². The SMILES string of the molecule is Clc1ccc(-c2c(-c3ccc(Cl)cc3)c3c(-c4ccc(Cl)cc4)c4nc(cc5ccc(cc6nc(cc2n3-c2ccc(Cl)cc2)C=C6)[nH]5)C=C4)cc1.[Al+3].[Cl-].[Cl-].[Cl-]. The minimum atomic E-state index is 0. The van der Waals surface area contributed by atoms with Crippen LogP contribution in [-0.4, -0.2) is 36.9 Å². The van der Waals surface area contributed by atoms with Gasteiger partial charge in [0, 0.05) is 53.5 Å². The van der Waals surface area contributed by atoms with E-state index < -0.39 is 0 Å². The summed E-state index contributed by atoms with van der Waals surface area (Å²) in [6.07, 6.45) is 8.19. The van der Waals surface area contributed by atoms with Crippen LogP contribution in [0.4, 0.5) is 0 Å². The first kappa shape index (κ1) is 43.2. The van der Waals surface area contributed by atoms with Crippen LogP contribution < -0.4 is 37.2 Å². The summed E-state index contributed by atoms with van der Waals surface area (Å²) in [5.74, 6) is 0. The maximum absolute atomic E-state index is 6.52. The van der Waals surface area contributed by atoms with E-state index in [0.717, 1.165) is 83.9 Å². The van der Waals surface area contributed by atoms with Crippen LogP contribution in [0.1, 0.15) is 22.8 Å². The molecule has 0 unspecified atom stereocenters. The van der Waals surface area contributed by atoms with Gasteiger partial charge < -0.3 is 46.8 Å². The van der Waals surface area contributed by atoms with Gasteiger partial charge in [-0.15, -0.1) is 0 Å². The van der Waals surface area contributed by atoms with Crippen LogP contribution in [0, 0.1) is 0 Å². The summed E-state index contributed by atoms with van der Waals surface area (Å²) >= 11 is 26.0. The normalized spacial score (nSPS) is 11.2. The van der Waals surface area contributed by atoms with E-state index in [2.05, 4.69) is 46.0 Å². The number of benzene rings is 4. The zero-order chi connectivity index (χ0) is 35.3. The molecule has 0 spiro atoms. The molecular formula is C44H26AlCl7N4. The van der Waals surface area contributed by atoms with E-state index in [1.165, 1.54) is 0 Å². The van der Waals surface area contributed by atoms with Crippen molar-refractivity contribution >= 4 is 110 Å². The summed E-state index contributed by atoms with van der Waals surface area (Å²) in [6, 6.07) is 42.1. The minimum absolute atomic E-state index is 0. The third kappa shape index (κ3) is 8.49. The van der Waals surface area contributed by atoms with Crippen molar-refractivity contribution < 1.29 is 37.2 Å². The molecule has 4 aromatic carbocycles. The van der Waals surface area contributed by atoms with Crippen molar-refractivity contribution in [2.75, 3.05) is 0 Å². The minimum Gasteiger partial charge on any atom is -1.00 e. The molecular weight excluding hydrogens is 860 g/mol. The van der Waals surface area contributed by atoms with Crippen LogP contribution in [0.15, 0.2) is 127 Å². The number of fused-ring (bicyclic) bond motifs is 8. The Bertz CT molecular complexity index is 2760. The van der Waals surface area contributed by atoms with Gasteiger partial charge >= 0.3 is 17.4 Å². The molecule has 2 aliphatic rings. The molecule has 4 nitrogen and oxygen atoms in total. The van der Waals surface area contributed by atoms with Crippen molar-refractivity contribution in [3.8, 4) is 39.1 Å². The van der Waals surface area contributed by atoms with Gasteiger partial charge in [0.05, 0.1) is 33.8 Å². The van der Waals surface area contributed by atoms with Crippen LogP contribution in [0.2, 0.25) is 20.1 Å². The third-order valence-corrected chi connectivity index (χ3v) is 10.2. The number of aromatic nitrogens is 4. The van der Waals surface area contributed by atoms with Crippen LogP contribution in [0.5, 0.6) is 0 Å². The molecule has 1 N–H and O–H groups in total. The Hall–Kier alpha value is -3.96. The summed E-state index contributed by atoms with van der Waals surface area (Å²) in [6.45, 7) is 0. The monoisotopic (exact) mass is 882 g/mol. The Kier molecular flexibility index (Phi) is 14.0. The molecule has 0 amide bonds. The maximum atomic E-state index is 6.52. The Morgan fingerprint density at radius 1 is 0.429 bits per heavy atom. The molecule has 12 heteroatoms. The van der Waals surface area contributed by atoms with Crippen LogP contribution in [0.3, 0.4) is 0 Å². The molecule has 2 aliphatic heterocycles. The number of rotatable bonds is 4. The van der Waals surface area contributed by atoms with Crippen molar-refractivity contribution in [3.63, 3.8) is 0 Å². The summed E-state index contributed by atoms with van der Waals surface area (Å²) in [7, 11) is 0. The van der Waals surface area contributed by atoms with Gasteiger partial charge in [-0.2, -0.15) is 0 Å². The van der Waals surface area contributed by atoms with Gasteiger partial charge in [0.25, 0.3) is 0 Å². The summed E-state index contributed by atoms with van der Waals surface area (Å²) < 4.78 is 2.28. The molecule has 56 heavy (non-hydrogen) atoms. The van der Waals surface area contributed by atoms with Gasteiger partial charge in [-0.1, -0.05) is 82.8 Å². The van der Waals surface area contributed by atoms with Gasteiger partial charge in [0.2, 0.25) is 0 Å². The number of aromatic amines is 1. The molecule has 0 fully saturated rings. The van der Waals surface area contributed by atoms with Crippen molar-refractivity contribution in [3.05, 3.63) is 170 Å². The fraction of sp³-hybridized carbons (Fsp3) is 0. The average Bonchev–Trinajstić information content (AvgIpc) is 3.95. The van der Waals surface area contributed by atoms with E-state index in [9.17, 15) is 0 Å². The number of hydrogen-bond acceptors (Lipinski definition) is 2. The first-order valence-electron chi connectivity index (χ1n) is 16.6. The van der Waals surface area contributed by atoms with Crippen LogP contribution in [0.25, 0.3) is 85.4 Å². The Balaban J connectivity index is 0.00000150. The largest absolute Gasteiger partial charge is 3.00 e. The van der Waals surface area contributed by atoms with E-state index in [4.69, 9.17) is 56.4 Å². The molecule has 5 heterocycles. The number of nitrogens with zero attached hydrogens (tertiary/aromatic N) is 3. The van der Waals surface area contributed by atoms with Crippen LogP contribution in [-0.2, 0) is 0 Å². The topological polar surface area (TPSA) is 46.5 Å².